The monoisotopic (exact) mass is 392 g/mol. The van der Waals surface area contributed by atoms with E-state index in [9.17, 15) is 4.79 Å². The molecule has 0 atom stereocenters. The summed E-state index contributed by atoms with van der Waals surface area (Å²) in [5, 5.41) is 4.05. The van der Waals surface area contributed by atoms with Gasteiger partial charge in [0, 0.05) is 18.7 Å². The molecule has 1 aliphatic carbocycles. The van der Waals surface area contributed by atoms with Gasteiger partial charge in [-0.15, -0.1) is 0 Å². The van der Waals surface area contributed by atoms with Crippen LogP contribution < -0.4 is 9.47 Å². The Morgan fingerprint density at radius 1 is 1.10 bits per heavy atom. The van der Waals surface area contributed by atoms with Crippen LogP contribution in [0.4, 0.5) is 0 Å². The van der Waals surface area contributed by atoms with E-state index in [1.54, 1.807) is 38.5 Å². The normalized spacial score (nSPS) is 13.2. The first-order chi connectivity index (χ1) is 14.1. The van der Waals surface area contributed by atoms with Gasteiger partial charge in [0.1, 0.15) is 11.5 Å². The minimum Gasteiger partial charge on any atom is -0.497 e. The summed E-state index contributed by atoms with van der Waals surface area (Å²) in [7, 11) is 3.18. The number of benzene rings is 2. The second kappa shape index (κ2) is 7.99. The number of hydrogen-bond acceptors (Lipinski definition) is 5. The fraction of sp³-hybridized carbons (Fsp3) is 0.304. The molecule has 6 nitrogen and oxygen atoms in total. The molecule has 1 heterocycles. The standard InChI is InChI=1S/C23H24N2O4/c1-15-4-6-16(7-5-15)14-25(17-8-9-17)23(26)20-13-22(29-24-20)19-12-18(27-2)10-11-21(19)28-3/h4-7,10-13,17H,8-9,14H2,1-3H3. The fourth-order valence-corrected chi connectivity index (χ4v) is 3.30. The molecular formula is C23H24N2O4. The first kappa shape index (κ1) is 19.1. The maximum absolute atomic E-state index is 13.2. The zero-order valence-corrected chi connectivity index (χ0v) is 16.8. The number of carbonyl (C=O) groups is 1. The first-order valence-corrected chi connectivity index (χ1v) is 9.64. The SMILES string of the molecule is COc1ccc(OC)c(-c2cc(C(=O)N(Cc3ccc(C)cc3)C3CC3)no2)c1. The van der Waals surface area contributed by atoms with E-state index in [4.69, 9.17) is 14.0 Å². The Hall–Kier alpha value is -3.28. The third-order valence-electron chi connectivity index (χ3n) is 5.12. The van der Waals surface area contributed by atoms with E-state index in [0.717, 1.165) is 18.4 Å². The van der Waals surface area contributed by atoms with Crippen LogP contribution in [0.25, 0.3) is 11.3 Å². The lowest BCUT2D eigenvalue weighted by atomic mass is 10.1. The third kappa shape index (κ3) is 4.11. The van der Waals surface area contributed by atoms with Gasteiger partial charge in [-0.25, -0.2) is 0 Å². The highest BCUT2D eigenvalue weighted by Crippen LogP contribution is 2.35. The summed E-state index contributed by atoms with van der Waals surface area (Å²) in [5.41, 5.74) is 3.29. The topological polar surface area (TPSA) is 64.8 Å². The molecule has 1 fully saturated rings. The molecule has 0 aliphatic heterocycles. The average Bonchev–Trinajstić information content (AvgIpc) is 3.47. The molecule has 4 rings (SSSR count). The predicted molar refractivity (Wildman–Crippen MR) is 109 cm³/mol. The van der Waals surface area contributed by atoms with Crippen LogP contribution in [0.2, 0.25) is 0 Å². The highest BCUT2D eigenvalue weighted by Gasteiger charge is 2.34. The zero-order valence-electron chi connectivity index (χ0n) is 16.8. The Labute approximate surface area is 170 Å². The summed E-state index contributed by atoms with van der Waals surface area (Å²) in [4.78, 5) is 15.1. The molecule has 3 aromatic rings. The lowest BCUT2D eigenvalue weighted by molar-refractivity contribution is 0.0719. The van der Waals surface area contributed by atoms with Crippen molar-refractivity contribution in [2.75, 3.05) is 14.2 Å². The second-order valence-electron chi connectivity index (χ2n) is 7.29. The van der Waals surface area contributed by atoms with Crippen molar-refractivity contribution in [1.82, 2.24) is 10.1 Å². The van der Waals surface area contributed by atoms with Gasteiger partial charge in [0.2, 0.25) is 0 Å². The smallest absolute Gasteiger partial charge is 0.276 e. The van der Waals surface area contributed by atoms with Gasteiger partial charge in [0.25, 0.3) is 5.91 Å². The van der Waals surface area contributed by atoms with Gasteiger partial charge in [0.15, 0.2) is 11.5 Å². The van der Waals surface area contributed by atoms with E-state index in [1.807, 2.05) is 4.90 Å². The molecule has 0 N–H and O–H groups in total. The Kier molecular flexibility index (Phi) is 5.25. The highest BCUT2D eigenvalue weighted by atomic mass is 16.5. The molecular weight excluding hydrogens is 368 g/mol. The minimum absolute atomic E-state index is 0.120. The number of aromatic nitrogens is 1. The van der Waals surface area contributed by atoms with Crippen molar-refractivity contribution in [2.24, 2.45) is 0 Å². The molecule has 2 aromatic carbocycles. The van der Waals surface area contributed by atoms with Crippen LogP contribution in [-0.2, 0) is 6.54 Å². The Morgan fingerprint density at radius 3 is 2.52 bits per heavy atom. The quantitative estimate of drug-likeness (QED) is 0.593. The van der Waals surface area contributed by atoms with Gasteiger partial charge >= 0.3 is 0 Å². The summed E-state index contributed by atoms with van der Waals surface area (Å²) in [6.07, 6.45) is 2.04. The molecule has 1 aromatic heterocycles. The number of hydrogen-bond donors (Lipinski definition) is 0. The van der Waals surface area contributed by atoms with Crippen molar-refractivity contribution in [2.45, 2.75) is 32.4 Å². The fourth-order valence-electron chi connectivity index (χ4n) is 3.30. The van der Waals surface area contributed by atoms with Gasteiger partial charge in [-0.1, -0.05) is 35.0 Å². The number of methoxy groups -OCH3 is 2. The maximum atomic E-state index is 13.2. The molecule has 0 unspecified atom stereocenters. The predicted octanol–water partition coefficient (Wildman–Crippen LogP) is 4.47. The lowest BCUT2D eigenvalue weighted by Crippen LogP contribution is -2.32. The largest absolute Gasteiger partial charge is 0.497 e. The van der Waals surface area contributed by atoms with Crippen molar-refractivity contribution in [3.63, 3.8) is 0 Å². The highest BCUT2D eigenvalue weighted by molar-refractivity contribution is 5.93. The minimum atomic E-state index is -0.120. The Morgan fingerprint density at radius 2 is 1.86 bits per heavy atom. The van der Waals surface area contributed by atoms with Gasteiger partial charge in [-0.05, 0) is 43.5 Å². The second-order valence-corrected chi connectivity index (χ2v) is 7.29. The van der Waals surface area contributed by atoms with E-state index in [-0.39, 0.29) is 11.9 Å². The molecule has 29 heavy (non-hydrogen) atoms. The number of rotatable bonds is 7. The molecule has 1 saturated carbocycles. The zero-order chi connectivity index (χ0) is 20.4. The van der Waals surface area contributed by atoms with Crippen LogP contribution in [0.5, 0.6) is 11.5 Å². The average molecular weight is 392 g/mol. The molecule has 1 aliphatic rings. The van der Waals surface area contributed by atoms with Crippen LogP contribution in [-0.4, -0.2) is 36.2 Å². The van der Waals surface area contributed by atoms with Crippen LogP contribution in [0.3, 0.4) is 0 Å². The third-order valence-corrected chi connectivity index (χ3v) is 5.12. The summed E-state index contributed by atoms with van der Waals surface area (Å²) < 4.78 is 16.2. The number of aryl methyl sites for hydroxylation is 1. The van der Waals surface area contributed by atoms with Gasteiger partial charge in [-0.3, -0.25) is 4.79 Å². The van der Waals surface area contributed by atoms with Crippen molar-refractivity contribution < 1.29 is 18.8 Å². The van der Waals surface area contributed by atoms with E-state index < -0.39 is 0 Å². The van der Waals surface area contributed by atoms with Crippen LogP contribution >= 0.6 is 0 Å². The van der Waals surface area contributed by atoms with Gasteiger partial charge in [0.05, 0.1) is 19.8 Å². The van der Waals surface area contributed by atoms with E-state index >= 15 is 0 Å². The molecule has 1 amide bonds. The van der Waals surface area contributed by atoms with Crippen molar-refractivity contribution in [3.8, 4) is 22.8 Å². The summed E-state index contributed by atoms with van der Waals surface area (Å²) in [5.74, 6) is 1.64. The summed E-state index contributed by atoms with van der Waals surface area (Å²) in [6, 6.07) is 15.6. The van der Waals surface area contributed by atoms with Crippen LogP contribution in [0.1, 0.15) is 34.5 Å². The van der Waals surface area contributed by atoms with E-state index in [0.29, 0.717) is 35.1 Å². The number of nitrogens with zero attached hydrogens (tertiary/aromatic N) is 2. The summed E-state index contributed by atoms with van der Waals surface area (Å²) >= 11 is 0. The molecule has 6 heteroatoms. The van der Waals surface area contributed by atoms with Gasteiger partial charge < -0.3 is 18.9 Å². The van der Waals surface area contributed by atoms with Crippen molar-refractivity contribution in [3.05, 3.63) is 65.4 Å². The molecule has 150 valence electrons. The number of amides is 1. The Bertz CT molecular complexity index is 1010. The van der Waals surface area contributed by atoms with E-state index in [2.05, 4.69) is 36.3 Å². The molecule has 0 radical (unpaired) electrons. The van der Waals surface area contributed by atoms with Crippen LogP contribution in [0.15, 0.2) is 53.1 Å². The maximum Gasteiger partial charge on any atom is 0.276 e. The molecule has 0 saturated heterocycles. The molecule has 0 bridgehead atoms. The first-order valence-electron chi connectivity index (χ1n) is 9.64. The van der Waals surface area contributed by atoms with Crippen LogP contribution in [0, 0.1) is 6.92 Å². The van der Waals surface area contributed by atoms with Gasteiger partial charge in [-0.2, -0.15) is 0 Å². The summed E-state index contributed by atoms with van der Waals surface area (Å²) in [6.45, 7) is 2.62. The number of ether oxygens (including phenoxy) is 2. The van der Waals surface area contributed by atoms with Crippen molar-refractivity contribution in [1.29, 1.82) is 0 Å². The molecule has 0 spiro atoms. The van der Waals surface area contributed by atoms with Crippen molar-refractivity contribution >= 4 is 5.91 Å². The Balaban J connectivity index is 1.59. The lowest BCUT2D eigenvalue weighted by Gasteiger charge is -2.21. The van der Waals surface area contributed by atoms with E-state index in [1.165, 1.54) is 5.56 Å². The number of carbonyl (C=O) groups excluding carboxylic acids is 1.